The third kappa shape index (κ3) is 2.70. The molecule has 5 aromatic carbocycles. The summed E-state index contributed by atoms with van der Waals surface area (Å²) in [6.45, 7) is 0. The summed E-state index contributed by atoms with van der Waals surface area (Å²) in [5.74, 6) is 6.99. The molecule has 0 bridgehead atoms. The molecule has 0 saturated carbocycles. The van der Waals surface area contributed by atoms with Crippen LogP contribution >= 0.6 is 0 Å². The van der Waals surface area contributed by atoms with Gasteiger partial charge in [0, 0.05) is 21.9 Å². The predicted molar refractivity (Wildman–Crippen MR) is 125 cm³/mol. The van der Waals surface area contributed by atoms with Crippen molar-refractivity contribution in [2.45, 2.75) is 0 Å². The van der Waals surface area contributed by atoms with Crippen molar-refractivity contribution in [3.63, 3.8) is 0 Å². The Morgan fingerprint density at radius 3 is 1.09 bits per heavy atom. The Balaban J connectivity index is 2.12. The lowest BCUT2D eigenvalue weighted by Crippen LogP contribution is -2.32. The number of carbonyl (C=O) groups is 4. The van der Waals surface area contributed by atoms with Crippen molar-refractivity contribution in [2.24, 2.45) is 11.7 Å². The van der Waals surface area contributed by atoms with Gasteiger partial charge in [-0.05, 0) is 56.6 Å². The molecule has 168 valence electrons. The first-order chi connectivity index (χ1) is 16.3. The maximum atomic E-state index is 12.6. The van der Waals surface area contributed by atoms with Gasteiger partial charge in [-0.2, -0.15) is 0 Å². The lowest BCUT2D eigenvalue weighted by atomic mass is 9.84. The molecule has 0 aromatic heterocycles. The molecule has 8 N–H and O–H groups in total. The van der Waals surface area contributed by atoms with E-state index in [9.17, 15) is 29.4 Å². The second-order valence-electron chi connectivity index (χ2n) is 7.70. The first-order valence-electron chi connectivity index (χ1n) is 9.98. The fourth-order valence-corrected chi connectivity index (χ4v) is 4.78. The number of fused-ring (bicyclic) bond motifs is 2. The molecule has 2 amide bonds. The van der Waals surface area contributed by atoms with Gasteiger partial charge in [-0.1, -0.05) is 24.3 Å². The number of hydrogen-bond donors (Lipinski definition) is 6. The summed E-state index contributed by atoms with van der Waals surface area (Å²) in [6.07, 6.45) is 0. The molecule has 0 aliphatic rings. The molecule has 0 spiro atoms. The van der Waals surface area contributed by atoms with Gasteiger partial charge in [-0.25, -0.2) is 21.3 Å². The molecule has 0 saturated heterocycles. The monoisotopic (exact) mass is 456 g/mol. The Kier molecular flexibility index (Phi) is 4.57. The molecule has 0 radical (unpaired) electrons. The van der Waals surface area contributed by atoms with Gasteiger partial charge in [0.15, 0.2) is 0 Å². The van der Waals surface area contributed by atoms with Gasteiger partial charge in [0.2, 0.25) is 0 Å². The summed E-state index contributed by atoms with van der Waals surface area (Å²) in [7, 11) is 0. The van der Waals surface area contributed by atoms with Crippen LogP contribution in [0.3, 0.4) is 0 Å². The topological polar surface area (TPSA) is 185 Å². The second-order valence-corrected chi connectivity index (χ2v) is 7.70. The van der Waals surface area contributed by atoms with Crippen molar-refractivity contribution in [2.75, 3.05) is 0 Å². The maximum absolute atomic E-state index is 12.6. The zero-order valence-corrected chi connectivity index (χ0v) is 17.3. The van der Waals surface area contributed by atoms with Crippen LogP contribution in [0.1, 0.15) is 41.4 Å². The minimum Gasteiger partial charge on any atom is -0.478 e. The molecule has 0 unspecified atom stereocenters. The number of amides is 2. The van der Waals surface area contributed by atoms with Crippen molar-refractivity contribution < 1.29 is 29.4 Å². The molecule has 0 aliphatic carbocycles. The number of nitrogen functional groups attached to an aromatic ring is 2. The van der Waals surface area contributed by atoms with Crippen molar-refractivity contribution in [1.82, 2.24) is 10.9 Å². The molecule has 0 heterocycles. The van der Waals surface area contributed by atoms with E-state index in [0.29, 0.717) is 37.7 Å². The van der Waals surface area contributed by atoms with Crippen molar-refractivity contribution >= 4 is 66.8 Å². The normalized spacial score (nSPS) is 11.4. The number of nitrogens with two attached hydrogens (primary N) is 2. The molecule has 0 atom stereocenters. The van der Waals surface area contributed by atoms with Gasteiger partial charge >= 0.3 is 11.9 Å². The van der Waals surface area contributed by atoms with Crippen LogP contribution in [0, 0.1) is 0 Å². The van der Waals surface area contributed by atoms with Crippen molar-refractivity contribution in [1.29, 1.82) is 0 Å². The highest BCUT2D eigenvalue weighted by Crippen LogP contribution is 2.43. The number of carboxylic acid groups (broad SMARTS) is 2. The SMILES string of the molecule is NNC(=O)c1ccc2c3ccc(C(=O)O)c4c(C(=O)O)ccc(c5ccc(C(=O)NN)c1c25)c43. The summed E-state index contributed by atoms with van der Waals surface area (Å²) in [6, 6.07) is 12.2. The van der Waals surface area contributed by atoms with Crippen molar-refractivity contribution in [3.05, 3.63) is 70.8 Å². The van der Waals surface area contributed by atoms with Crippen LogP contribution in [0.2, 0.25) is 0 Å². The van der Waals surface area contributed by atoms with E-state index < -0.39 is 23.8 Å². The number of hydrogen-bond acceptors (Lipinski definition) is 6. The van der Waals surface area contributed by atoms with Crippen LogP contribution in [0.4, 0.5) is 0 Å². The zero-order chi connectivity index (χ0) is 24.3. The van der Waals surface area contributed by atoms with Crippen molar-refractivity contribution in [3.8, 4) is 0 Å². The highest BCUT2D eigenvalue weighted by atomic mass is 16.4. The molecule has 10 heteroatoms. The molecule has 5 rings (SSSR count). The maximum Gasteiger partial charge on any atom is 0.336 e. The van der Waals surface area contributed by atoms with Crippen LogP contribution in [-0.4, -0.2) is 34.0 Å². The molecule has 34 heavy (non-hydrogen) atoms. The Hall–Kier alpha value is -4.80. The zero-order valence-electron chi connectivity index (χ0n) is 17.3. The third-order valence-electron chi connectivity index (χ3n) is 6.11. The van der Waals surface area contributed by atoms with Crippen LogP contribution in [0.25, 0.3) is 43.1 Å². The average molecular weight is 456 g/mol. The lowest BCUT2D eigenvalue weighted by Gasteiger charge is -2.19. The van der Waals surface area contributed by atoms with Crippen LogP contribution in [0.5, 0.6) is 0 Å². The van der Waals surface area contributed by atoms with Crippen LogP contribution in [-0.2, 0) is 0 Å². The fourth-order valence-electron chi connectivity index (χ4n) is 4.78. The minimum atomic E-state index is -1.26. The quantitative estimate of drug-likeness (QED) is 0.0782. The van der Waals surface area contributed by atoms with E-state index in [4.69, 9.17) is 11.7 Å². The predicted octanol–water partition coefficient (Wildman–Crippen LogP) is 2.34. The smallest absolute Gasteiger partial charge is 0.336 e. The van der Waals surface area contributed by atoms with E-state index >= 15 is 0 Å². The first-order valence-corrected chi connectivity index (χ1v) is 9.98. The first kappa shape index (κ1) is 21.1. The summed E-state index contributed by atoms with van der Waals surface area (Å²) < 4.78 is 0. The van der Waals surface area contributed by atoms with E-state index in [2.05, 4.69) is 10.9 Å². The van der Waals surface area contributed by atoms with E-state index in [-0.39, 0.29) is 27.6 Å². The third-order valence-corrected chi connectivity index (χ3v) is 6.11. The van der Waals surface area contributed by atoms with Gasteiger partial charge in [-0.3, -0.25) is 20.4 Å². The van der Waals surface area contributed by atoms with E-state index in [1.54, 1.807) is 24.3 Å². The number of carbonyl (C=O) groups excluding carboxylic acids is 2. The van der Waals surface area contributed by atoms with Gasteiger partial charge in [-0.15, -0.1) is 0 Å². The van der Waals surface area contributed by atoms with E-state index in [0.717, 1.165) is 0 Å². The van der Waals surface area contributed by atoms with Gasteiger partial charge in [0.25, 0.3) is 11.8 Å². The standard InChI is InChI=1S/C24H16N4O6/c25-27-21(29)13-5-1-9-11-3-7-15(23(31)32)20-16(24(33)34)8-4-12(18(11)20)10-2-6-14(22(30)28-26)19(13)17(9)10/h1-8H,25-26H2,(H,27,29)(H,28,30)(H,31,32)(H,33,34). The molecular formula is C24H16N4O6. The summed E-state index contributed by atoms with van der Waals surface area (Å²) >= 11 is 0. The summed E-state index contributed by atoms with van der Waals surface area (Å²) in [5, 5.41) is 23.3. The number of hydrazine groups is 2. The molecule has 5 aromatic rings. The minimum absolute atomic E-state index is 0.0985. The Morgan fingerprint density at radius 2 is 0.794 bits per heavy atom. The highest BCUT2D eigenvalue weighted by molar-refractivity contribution is 6.38. The largest absolute Gasteiger partial charge is 0.478 e. The molecule has 0 aliphatic heterocycles. The highest BCUT2D eigenvalue weighted by Gasteiger charge is 2.25. The Labute approximate surface area is 190 Å². The number of rotatable bonds is 4. The Morgan fingerprint density at radius 1 is 0.500 bits per heavy atom. The molecular weight excluding hydrogens is 440 g/mol. The molecule has 10 nitrogen and oxygen atoms in total. The van der Waals surface area contributed by atoms with Gasteiger partial charge < -0.3 is 10.2 Å². The Bertz CT molecular complexity index is 1610. The van der Waals surface area contributed by atoms with Crippen LogP contribution < -0.4 is 22.5 Å². The number of benzene rings is 5. The summed E-state index contributed by atoms with van der Waals surface area (Å²) in [4.78, 5) is 49.0. The summed E-state index contributed by atoms with van der Waals surface area (Å²) in [5.41, 5.74) is 4.16. The van der Waals surface area contributed by atoms with Gasteiger partial charge in [0.1, 0.15) is 0 Å². The number of carboxylic acids is 2. The lowest BCUT2D eigenvalue weighted by molar-refractivity contribution is 0.0695. The van der Waals surface area contributed by atoms with Gasteiger partial charge in [0.05, 0.1) is 11.1 Å². The fraction of sp³-hybridized carbons (Fsp3) is 0. The van der Waals surface area contributed by atoms with Crippen LogP contribution in [0.15, 0.2) is 48.5 Å². The number of aromatic carboxylic acids is 2. The van der Waals surface area contributed by atoms with E-state index in [1.807, 2.05) is 0 Å². The average Bonchev–Trinajstić information content (AvgIpc) is 2.84. The second kappa shape index (κ2) is 7.37. The van der Waals surface area contributed by atoms with E-state index in [1.165, 1.54) is 24.3 Å². The molecule has 0 fully saturated rings. The number of nitrogens with one attached hydrogen (secondary N) is 2.